The SMILES string of the molecule is COc1cc(C(=O)N2CCC[C@@H](N)C2)cc2nc(-c3cc4ccccn4c3CC3CC3)n(C)c12. The highest BCUT2D eigenvalue weighted by Gasteiger charge is 2.28. The first-order valence-corrected chi connectivity index (χ1v) is 12.2. The van der Waals surface area contributed by atoms with E-state index in [1.807, 2.05) is 24.1 Å². The maximum absolute atomic E-state index is 13.3. The van der Waals surface area contributed by atoms with Crippen LogP contribution in [0.4, 0.5) is 0 Å². The molecule has 2 fully saturated rings. The van der Waals surface area contributed by atoms with Gasteiger partial charge in [0, 0.05) is 54.7 Å². The maximum Gasteiger partial charge on any atom is 0.254 e. The molecule has 34 heavy (non-hydrogen) atoms. The largest absolute Gasteiger partial charge is 0.494 e. The Balaban J connectivity index is 1.47. The van der Waals surface area contributed by atoms with Crippen LogP contribution in [-0.4, -0.2) is 51.0 Å². The number of pyridine rings is 1. The third kappa shape index (κ3) is 3.55. The minimum atomic E-state index is -0.00780. The highest BCUT2D eigenvalue weighted by molar-refractivity contribution is 6.00. The first-order chi connectivity index (χ1) is 16.5. The maximum atomic E-state index is 13.3. The lowest BCUT2D eigenvalue weighted by Crippen LogP contribution is -2.45. The number of carbonyl (C=O) groups excluding carboxylic acids is 1. The van der Waals surface area contributed by atoms with Crippen molar-refractivity contribution in [2.24, 2.45) is 18.7 Å². The van der Waals surface area contributed by atoms with Crippen molar-refractivity contribution in [3.63, 3.8) is 0 Å². The molecule has 1 aromatic carbocycles. The molecule has 1 aliphatic carbocycles. The van der Waals surface area contributed by atoms with Crippen molar-refractivity contribution in [1.29, 1.82) is 0 Å². The Kier molecular flexibility index (Phi) is 5.10. The molecule has 6 rings (SSSR count). The molecule has 7 nitrogen and oxygen atoms in total. The van der Waals surface area contributed by atoms with E-state index in [1.165, 1.54) is 24.1 Å². The number of likely N-dealkylation sites (tertiary alicyclic amines) is 1. The van der Waals surface area contributed by atoms with Crippen LogP contribution in [0.3, 0.4) is 0 Å². The van der Waals surface area contributed by atoms with Crippen molar-refractivity contribution < 1.29 is 9.53 Å². The van der Waals surface area contributed by atoms with Crippen molar-refractivity contribution >= 4 is 22.5 Å². The summed E-state index contributed by atoms with van der Waals surface area (Å²) < 4.78 is 10.2. The van der Waals surface area contributed by atoms with Crippen molar-refractivity contribution in [1.82, 2.24) is 18.9 Å². The molecule has 4 aromatic rings. The molecule has 3 aromatic heterocycles. The van der Waals surface area contributed by atoms with Gasteiger partial charge in [-0.05, 0) is 68.4 Å². The molecule has 176 valence electrons. The predicted molar refractivity (Wildman–Crippen MR) is 133 cm³/mol. The lowest BCUT2D eigenvalue weighted by molar-refractivity contribution is 0.0708. The fourth-order valence-electron chi connectivity index (χ4n) is 5.39. The monoisotopic (exact) mass is 457 g/mol. The second-order valence-corrected chi connectivity index (χ2v) is 9.84. The number of rotatable bonds is 5. The number of imidazole rings is 1. The smallest absolute Gasteiger partial charge is 0.254 e. The molecule has 4 heterocycles. The number of carbonyl (C=O) groups is 1. The van der Waals surface area contributed by atoms with Crippen molar-refractivity contribution in [2.75, 3.05) is 20.2 Å². The number of hydrogen-bond acceptors (Lipinski definition) is 4. The Morgan fingerprint density at radius 3 is 2.82 bits per heavy atom. The molecule has 2 N–H and O–H groups in total. The van der Waals surface area contributed by atoms with E-state index in [-0.39, 0.29) is 11.9 Å². The molecule has 7 heteroatoms. The number of amides is 1. The third-order valence-corrected chi connectivity index (χ3v) is 7.35. The topological polar surface area (TPSA) is 77.8 Å². The summed E-state index contributed by atoms with van der Waals surface area (Å²) in [6.07, 6.45) is 7.67. The first-order valence-electron chi connectivity index (χ1n) is 12.2. The van der Waals surface area contributed by atoms with Gasteiger partial charge < -0.3 is 24.3 Å². The quantitative estimate of drug-likeness (QED) is 0.491. The summed E-state index contributed by atoms with van der Waals surface area (Å²) in [4.78, 5) is 20.2. The van der Waals surface area contributed by atoms with E-state index in [9.17, 15) is 4.79 Å². The molecule has 0 radical (unpaired) electrons. The average molecular weight is 458 g/mol. The number of fused-ring (bicyclic) bond motifs is 2. The van der Waals surface area contributed by atoms with E-state index in [1.54, 1.807) is 7.11 Å². The molecular weight excluding hydrogens is 426 g/mol. The number of hydrogen-bond donors (Lipinski definition) is 1. The van der Waals surface area contributed by atoms with Gasteiger partial charge >= 0.3 is 0 Å². The lowest BCUT2D eigenvalue weighted by atomic mass is 10.0. The van der Waals surface area contributed by atoms with Gasteiger partial charge in [0.1, 0.15) is 17.1 Å². The molecule has 0 spiro atoms. The van der Waals surface area contributed by atoms with Crippen LogP contribution >= 0.6 is 0 Å². The molecule has 0 unspecified atom stereocenters. The number of nitrogens with two attached hydrogens (primary N) is 1. The number of methoxy groups -OCH3 is 1. The average Bonchev–Trinajstić information content (AvgIpc) is 3.52. The fraction of sp³-hybridized carbons (Fsp3) is 0.407. The van der Waals surface area contributed by atoms with Crippen LogP contribution in [0.5, 0.6) is 5.75 Å². The van der Waals surface area contributed by atoms with Crippen LogP contribution in [0.15, 0.2) is 42.6 Å². The van der Waals surface area contributed by atoms with Gasteiger partial charge in [0.15, 0.2) is 0 Å². The van der Waals surface area contributed by atoms with E-state index in [0.717, 1.165) is 54.1 Å². The second-order valence-electron chi connectivity index (χ2n) is 9.84. The first kappa shape index (κ1) is 21.2. The van der Waals surface area contributed by atoms with Crippen molar-refractivity contribution in [3.8, 4) is 17.1 Å². The van der Waals surface area contributed by atoms with Gasteiger partial charge in [0.05, 0.1) is 12.6 Å². The minimum Gasteiger partial charge on any atom is -0.494 e. The molecular formula is C27H31N5O2. The zero-order valence-corrected chi connectivity index (χ0v) is 19.8. The molecule has 1 saturated carbocycles. The highest BCUT2D eigenvalue weighted by atomic mass is 16.5. The molecule has 0 bridgehead atoms. The number of piperidine rings is 1. The zero-order valence-electron chi connectivity index (χ0n) is 19.8. The minimum absolute atomic E-state index is 0.00780. The van der Waals surface area contributed by atoms with Gasteiger partial charge in [-0.3, -0.25) is 4.79 Å². The van der Waals surface area contributed by atoms with Crippen LogP contribution < -0.4 is 10.5 Å². The standard InChI is InChI=1S/C27H31N5O2/c1-30-25-22(13-18(14-24(25)34-2)27(33)31-10-5-6-19(28)16-31)29-26(30)21-15-20-7-3-4-11-32(20)23(21)12-17-8-9-17/h3-4,7,11,13-15,17,19H,5-6,8-10,12,16,28H2,1-2H3/t19-/m1/s1. The lowest BCUT2D eigenvalue weighted by Gasteiger charge is -2.30. The Morgan fingerprint density at radius 1 is 1.21 bits per heavy atom. The number of aryl methyl sites for hydroxylation is 1. The van der Waals surface area contributed by atoms with Gasteiger partial charge in [0.2, 0.25) is 0 Å². The van der Waals surface area contributed by atoms with E-state index < -0.39 is 0 Å². The Bertz CT molecular complexity index is 1400. The highest BCUT2D eigenvalue weighted by Crippen LogP contribution is 2.39. The van der Waals surface area contributed by atoms with Gasteiger partial charge in [-0.15, -0.1) is 0 Å². The van der Waals surface area contributed by atoms with E-state index in [2.05, 4.69) is 39.4 Å². The second kappa shape index (κ2) is 8.17. The number of aromatic nitrogens is 3. The summed E-state index contributed by atoms with van der Waals surface area (Å²) >= 11 is 0. The zero-order chi connectivity index (χ0) is 23.4. The normalized spacial score (nSPS) is 18.7. The van der Waals surface area contributed by atoms with Gasteiger partial charge in [-0.2, -0.15) is 0 Å². The number of ether oxygens (including phenoxy) is 1. The Hall–Kier alpha value is -3.32. The molecule has 1 amide bonds. The summed E-state index contributed by atoms with van der Waals surface area (Å²) in [5.41, 5.74) is 12.0. The van der Waals surface area contributed by atoms with Crippen molar-refractivity contribution in [2.45, 2.75) is 38.1 Å². The number of benzene rings is 1. The van der Waals surface area contributed by atoms with E-state index >= 15 is 0 Å². The summed E-state index contributed by atoms with van der Waals surface area (Å²) in [6.45, 7) is 1.33. The van der Waals surface area contributed by atoms with Gasteiger partial charge in [-0.1, -0.05) is 6.07 Å². The van der Waals surface area contributed by atoms with E-state index in [4.69, 9.17) is 15.5 Å². The molecule has 1 atom stereocenters. The van der Waals surface area contributed by atoms with Crippen LogP contribution in [0, 0.1) is 5.92 Å². The third-order valence-electron chi connectivity index (χ3n) is 7.35. The fourth-order valence-corrected chi connectivity index (χ4v) is 5.39. The molecule has 1 saturated heterocycles. The van der Waals surface area contributed by atoms with Crippen molar-refractivity contribution in [3.05, 3.63) is 53.9 Å². The Morgan fingerprint density at radius 2 is 2.06 bits per heavy atom. The predicted octanol–water partition coefficient (Wildman–Crippen LogP) is 4.02. The Labute approximate surface area is 199 Å². The molecule has 1 aliphatic heterocycles. The summed E-state index contributed by atoms with van der Waals surface area (Å²) in [5, 5.41) is 0. The number of nitrogens with zero attached hydrogens (tertiary/aromatic N) is 4. The summed E-state index contributed by atoms with van der Waals surface area (Å²) in [5.74, 6) is 2.31. The summed E-state index contributed by atoms with van der Waals surface area (Å²) in [7, 11) is 3.68. The summed E-state index contributed by atoms with van der Waals surface area (Å²) in [6, 6.07) is 12.3. The van der Waals surface area contributed by atoms with Gasteiger partial charge in [0.25, 0.3) is 5.91 Å². The molecule has 2 aliphatic rings. The van der Waals surface area contributed by atoms with Gasteiger partial charge in [-0.25, -0.2) is 4.98 Å². The van der Waals surface area contributed by atoms with Crippen LogP contribution in [-0.2, 0) is 13.5 Å². The van der Waals surface area contributed by atoms with E-state index in [0.29, 0.717) is 17.9 Å². The van der Waals surface area contributed by atoms with Crippen LogP contribution in [0.1, 0.15) is 41.7 Å². The van der Waals surface area contributed by atoms with Crippen LogP contribution in [0.25, 0.3) is 27.9 Å². The van der Waals surface area contributed by atoms with Crippen LogP contribution in [0.2, 0.25) is 0 Å².